The highest BCUT2D eigenvalue weighted by molar-refractivity contribution is 7.92. The van der Waals surface area contributed by atoms with Gasteiger partial charge in [-0.25, -0.2) is 8.42 Å². The molecule has 0 aliphatic carbocycles. The Morgan fingerprint density at radius 1 is 1.04 bits per heavy atom. The van der Waals surface area contributed by atoms with Gasteiger partial charge in [-0.05, 0) is 55.7 Å². The van der Waals surface area contributed by atoms with Gasteiger partial charge in [-0.3, -0.25) is 9.10 Å². The molecular formula is C18H20N2O3S. The zero-order valence-electron chi connectivity index (χ0n) is 13.7. The van der Waals surface area contributed by atoms with Crippen LogP contribution in [-0.4, -0.2) is 21.4 Å². The zero-order valence-corrected chi connectivity index (χ0v) is 14.6. The second-order valence-corrected chi connectivity index (χ2v) is 8.00. The Morgan fingerprint density at radius 3 is 2.46 bits per heavy atom. The highest BCUT2D eigenvalue weighted by atomic mass is 32.2. The number of amides is 1. The molecular weight excluding hydrogens is 324 g/mol. The molecule has 1 aliphatic heterocycles. The molecule has 24 heavy (non-hydrogen) atoms. The molecule has 0 radical (unpaired) electrons. The molecule has 1 heterocycles. The molecule has 1 N–H and O–H groups in total. The molecule has 1 amide bonds. The summed E-state index contributed by atoms with van der Waals surface area (Å²) in [6.07, 6.45) is 1.86. The maximum absolute atomic E-state index is 12.9. The second kappa shape index (κ2) is 6.28. The molecule has 2 aromatic carbocycles. The average molecular weight is 344 g/mol. The van der Waals surface area contributed by atoms with Crippen LogP contribution in [0.25, 0.3) is 0 Å². The number of nitrogens with zero attached hydrogens (tertiary/aromatic N) is 1. The fraction of sp³-hybridized carbons (Fsp3) is 0.278. The first-order chi connectivity index (χ1) is 11.4. The molecule has 0 atom stereocenters. The van der Waals surface area contributed by atoms with Crippen molar-refractivity contribution in [2.45, 2.75) is 31.1 Å². The minimum absolute atomic E-state index is 0.0267. The van der Waals surface area contributed by atoms with Crippen LogP contribution in [0.1, 0.15) is 24.0 Å². The number of carbonyl (C=O) groups is 1. The molecule has 2 aromatic rings. The predicted molar refractivity (Wildman–Crippen MR) is 94.8 cm³/mol. The number of hydrogen-bond acceptors (Lipinski definition) is 3. The monoisotopic (exact) mass is 344 g/mol. The largest absolute Gasteiger partial charge is 0.326 e. The van der Waals surface area contributed by atoms with Crippen molar-refractivity contribution in [1.82, 2.24) is 0 Å². The Balaban J connectivity index is 1.96. The molecule has 0 fully saturated rings. The van der Waals surface area contributed by atoms with E-state index in [4.69, 9.17) is 0 Å². The highest BCUT2D eigenvalue weighted by Gasteiger charge is 2.23. The molecule has 3 rings (SSSR count). The van der Waals surface area contributed by atoms with Crippen LogP contribution >= 0.6 is 0 Å². The van der Waals surface area contributed by atoms with Crippen LogP contribution in [0.15, 0.2) is 47.4 Å². The van der Waals surface area contributed by atoms with E-state index in [-0.39, 0.29) is 10.8 Å². The lowest BCUT2D eigenvalue weighted by Gasteiger charge is -2.20. The number of aryl methyl sites for hydroxylation is 2. The first-order valence-corrected chi connectivity index (χ1v) is 9.30. The fourth-order valence-corrected chi connectivity index (χ4v) is 4.01. The van der Waals surface area contributed by atoms with E-state index in [0.29, 0.717) is 24.2 Å². The molecule has 1 aliphatic rings. The Morgan fingerprint density at radius 2 is 1.75 bits per heavy atom. The van der Waals surface area contributed by atoms with Crippen LogP contribution in [0.4, 0.5) is 11.4 Å². The van der Waals surface area contributed by atoms with Crippen molar-refractivity contribution >= 4 is 27.3 Å². The number of anilines is 2. The quantitative estimate of drug-likeness (QED) is 0.930. The van der Waals surface area contributed by atoms with Crippen LogP contribution < -0.4 is 9.62 Å². The van der Waals surface area contributed by atoms with E-state index in [1.165, 1.54) is 4.31 Å². The fourth-order valence-electron chi connectivity index (χ4n) is 2.76. The number of hydrogen-bond donors (Lipinski definition) is 1. The lowest BCUT2D eigenvalue weighted by Crippen LogP contribution is -2.26. The van der Waals surface area contributed by atoms with Crippen LogP contribution in [0.5, 0.6) is 0 Å². The molecule has 0 bridgehead atoms. The van der Waals surface area contributed by atoms with Crippen LogP contribution in [0.3, 0.4) is 0 Å². The van der Waals surface area contributed by atoms with Crippen molar-refractivity contribution in [3.05, 3.63) is 53.6 Å². The van der Waals surface area contributed by atoms with Gasteiger partial charge >= 0.3 is 0 Å². The highest BCUT2D eigenvalue weighted by Crippen LogP contribution is 2.28. The number of rotatable bonds is 3. The summed E-state index contributed by atoms with van der Waals surface area (Å²) < 4.78 is 27.1. The summed E-state index contributed by atoms with van der Waals surface area (Å²) in [6, 6.07) is 12.2. The molecule has 0 saturated heterocycles. The second-order valence-electron chi connectivity index (χ2n) is 6.03. The average Bonchev–Trinajstić information content (AvgIpc) is 2.74. The summed E-state index contributed by atoms with van der Waals surface area (Å²) in [7, 11) is -2.09. The van der Waals surface area contributed by atoms with Gasteiger partial charge in [-0.15, -0.1) is 0 Å². The van der Waals surface area contributed by atoms with E-state index in [0.717, 1.165) is 17.5 Å². The van der Waals surface area contributed by atoms with Crippen molar-refractivity contribution in [2.75, 3.05) is 16.7 Å². The molecule has 5 nitrogen and oxygen atoms in total. The summed E-state index contributed by atoms with van der Waals surface area (Å²) >= 11 is 0. The Labute approximate surface area is 142 Å². The number of benzene rings is 2. The van der Waals surface area contributed by atoms with Gasteiger partial charge in [-0.2, -0.15) is 0 Å². The van der Waals surface area contributed by atoms with Gasteiger partial charge in [0.1, 0.15) is 0 Å². The maximum atomic E-state index is 12.9. The van der Waals surface area contributed by atoms with Crippen molar-refractivity contribution in [2.24, 2.45) is 0 Å². The molecule has 6 heteroatoms. The first kappa shape index (κ1) is 16.5. The summed E-state index contributed by atoms with van der Waals surface area (Å²) in [5, 5.41) is 2.82. The minimum atomic E-state index is -3.64. The van der Waals surface area contributed by atoms with Gasteiger partial charge in [0, 0.05) is 19.2 Å². The van der Waals surface area contributed by atoms with Gasteiger partial charge < -0.3 is 5.32 Å². The predicted octanol–water partition coefficient (Wildman–Crippen LogP) is 3.09. The first-order valence-electron chi connectivity index (χ1n) is 7.86. The number of fused-ring (bicyclic) bond motifs is 1. The molecule has 0 aromatic heterocycles. The SMILES string of the molecule is Cc1ccc(N(C)S(=O)(=O)c2ccc3c(c2)CCCC(=O)N3)cc1. The topological polar surface area (TPSA) is 66.5 Å². The standard InChI is InChI=1S/C18H20N2O3S/c1-13-6-8-15(9-7-13)20(2)24(22,23)16-10-11-17-14(12-16)4-3-5-18(21)19-17/h6-12H,3-5H2,1-2H3,(H,19,21). The smallest absolute Gasteiger partial charge is 0.264 e. The zero-order chi connectivity index (χ0) is 17.3. The molecule has 0 spiro atoms. The third kappa shape index (κ3) is 3.14. The van der Waals surface area contributed by atoms with Crippen molar-refractivity contribution in [3.8, 4) is 0 Å². The van der Waals surface area contributed by atoms with Crippen LogP contribution in [-0.2, 0) is 21.2 Å². The van der Waals surface area contributed by atoms with E-state index < -0.39 is 10.0 Å². The maximum Gasteiger partial charge on any atom is 0.264 e. The minimum Gasteiger partial charge on any atom is -0.326 e. The summed E-state index contributed by atoms with van der Waals surface area (Å²) in [6.45, 7) is 1.96. The van der Waals surface area contributed by atoms with E-state index in [1.54, 1.807) is 37.4 Å². The van der Waals surface area contributed by atoms with E-state index in [9.17, 15) is 13.2 Å². The number of nitrogens with one attached hydrogen (secondary N) is 1. The number of sulfonamides is 1. The molecule has 126 valence electrons. The lowest BCUT2D eigenvalue weighted by atomic mass is 10.1. The van der Waals surface area contributed by atoms with Gasteiger partial charge in [0.25, 0.3) is 10.0 Å². The number of carbonyl (C=O) groups excluding carboxylic acids is 1. The van der Waals surface area contributed by atoms with E-state index >= 15 is 0 Å². The van der Waals surface area contributed by atoms with Crippen molar-refractivity contribution < 1.29 is 13.2 Å². The third-order valence-corrected chi connectivity index (χ3v) is 6.04. The van der Waals surface area contributed by atoms with Gasteiger partial charge in [0.05, 0.1) is 10.6 Å². The Hall–Kier alpha value is -2.34. The summed E-state index contributed by atoms with van der Waals surface area (Å²) in [5.41, 5.74) is 3.25. The molecule has 0 unspecified atom stereocenters. The summed E-state index contributed by atoms with van der Waals surface area (Å²) in [5.74, 6) is -0.0267. The Bertz CT molecular complexity index is 874. The normalized spacial score (nSPS) is 14.5. The lowest BCUT2D eigenvalue weighted by molar-refractivity contribution is -0.116. The third-order valence-electron chi connectivity index (χ3n) is 4.26. The Kier molecular flexibility index (Phi) is 4.32. The van der Waals surface area contributed by atoms with E-state index in [1.807, 2.05) is 19.1 Å². The van der Waals surface area contributed by atoms with Crippen molar-refractivity contribution in [3.63, 3.8) is 0 Å². The molecule has 0 saturated carbocycles. The van der Waals surface area contributed by atoms with Gasteiger partial charge in [0.2, 0.25) is 5.91 Å². The van der Waals surface area contributed by atoms with Gasteiger partial charge in [-0.1, -0.05) is 17.7 Å². The van der Waals surface area contributed by atoms with E-state index in [2.05, 4.69) is 5.32 Å². The van der Waals surface area contributed by atoms with Crippen LogP contribution in [0, 0.1) is 6.92 Å². The van der Waals surface area contributed by atoms with Crippen LogP contribution in [0.2, 0.25) is 0 Å². The van der Waals surface area contributed by atoms with Gasteiger partial charge in [0.15, 0.2) is 0 Å². The van der Waals surface area contributed by atoms with Crippen molar-refractivity contribution in [1.29, 1.82) is 0 Å². The summed E-state index contributed by atoms with van der Waals surface area (Å²) in [4.78, 5) is 11.8.